The van der Waals surface area contributed by atoms with Crippen LogP contribution in [-0.4, -0.2) is 32.7 Å². The van der Waals surface area contributed by atoms with E-state index in [4.69, 9.17) is 0 Å². The molecule has 1 amide bonds. The molecule has 12 heteroatoms. The number of nitrogens with zero attached hydrogens (tertiary/aromatic N) is 2. The van der Waals surface area contributed by atoms with Gasteiger partial charge in [-0.25, -0.2) is 31.5 Å². The third-order valence-electron chi connectivity index (χ3n) is 6.22. The Kier molecular flexibility index (Phi) is 7.94. The molecule has 0 unspecified atom stereocenters. The first-order valence-electron chi connectivity index (χ1n) is 12.2. The van der Waals surface area contributed by atoms with Crippen molar-refractivity contribution in [3.63, 3.8) is 0 Å². The van der Waals surface area contributed by atoms with Gasteiger partial charge in [-0.1, -0.05) is 18.2 Å². The molecule has 1 heterocycles. The number of carbonyl (C=O) groups excluding carboxylic acids is 1. The van der Waals surface area contributed by atoms with Gasteiger partial charge in [-0.05, 0) is 99.8 Å². The van der Waals surface area contributed by atoms with Crippen molar-refractivity contribution in [1.82, 2.24) is 9.97 Å². The number of aromatic nitrogens is 2. The van der Waals surface area contributed by atoms with Gasteiger partial charge < -0.3 is 5.32 Å². The molecule has 0 bridgehead atoms. The third-order valence-corrected chi connectivity index (χ3v) is 9.07. The lowest BCUT2D eigenvalue weighted by atomic mass is 10.1. The van der Waals surface area contributed by atoms with Crippen molar-refractivity contribution in [2.24, 2.45) is 0 Å². The van der Waals surface area contributed by atoms with Crippen LogP contribution in [0.15, 0.2) is 76.5 Å². The summed E-state index contributed by atoms with van der Waals surface area (Å²) in [7, 11) is -7.94. The Labute approximate surface area is 234 Å². The number of carbonyl (C=O) groups is 1. The summed E-state index contributed by atoms with van der Waals surface area (Å²) in [6.45, 7) is 8.83. The molecule has 0 aliphatic rings. The normalized spacial score (nSPS) is 11.6. The van der Waals surface area contributed by atoms with Crippen LogP contribution in [0.2, 0.25) is 0 Å². The molecule has 4 aromatic rings. The van der Waals surface area contributed by atoms with Gasteiger partial charge >= 0.3 is 0 Å². The molecule has 0 saturated carbocycles. The molecule has 0 fully saturated rings. The first kappa shape index (κ1) is 28.7. The topological polar surface area (TPSA) is 147 Å². The summed E-state index contributed by atoms with van der Waals surface area (Å²) in [5, 5.41) is 2.67. The van der Waals surface area contributed by atoms with Crippen LogP contribution in [0.4, 0.5) is 17.3 Å². The Morgan fingerprint density at radius 3 is 2.00 bits per heavy atom. The molecular formula is C28H29N5O5S2. The highest BCUT2D eigenvalue weighted by Crippen LogP contribution is 2.25. The lowest BCUT2D eigenvalue weighted by molar-refractivity contribution is 0.102. The third kappa shape index (κ3) is 6.46. The van der Waals surface area contributed by atoms with E-state index in [1.54, 1.807) is 45.0 Å². The summed E-state index contributed by atoms with van der Waals surface area (Å²) in [4.78, 5) is 21.1. The fourth-order valence-electron chi connectivity index (χ4n) is 3.96. The molecule has 208 valence electrons. The van der Waals surface area contributed by atoms with E-state index >= 15 is 0 Å². The molecule has 0 atom stereocenters. The van der Waals surface area contributed by atoms with E-state index in [9.17, 15) is 21.6 Å². The van der Waals surface area contributed by atoms with Gasteiger partial charge in [-0.2, -0.15) is 0 Å². The summed E-state index contributed by atoms with van der Waals surface area (Å²) in [6, 6.07) is 17.0. The van der Waals surface area contributed by atoms with E-state index in [2.05, 4.69) is 24.7 Å². The van der Waals surface area contributed by atoms with Gasteiger partial charge in [0.2, 0.25) is 5.95 Å². The van der Waals surface area contributed by atoms with Crippen LogP contribution in [0.5, 0.6) is 0 Å². The van der Waals surface area contributed by atoms with Crippen LogP contribution in [0, 0.1) is 34.6 Å². The molecule has 4 rings (SSSR count). The fraction of sp³-hybridized carbons (Fsp3) is 0.179. The first-order valence-corrected chi connectivity index (χ1v) is 15.2. The van der Waals surface area contributed by atoms with E-state index in [1.807, 2.05) is 19.9 Å². The Bertz CT molecular complexity index is 1800. The quantitative estimate of drug-likeness (QED) is 0.270. The fourth-order valence-corrected chi connectivity index (χ4v) is 6.30. The maximum atomic E-state index is 13.2. The van der Waals surface area contributed by atoms with Crippen molar-refractivity contribution < 1.29 is 21.6 Å². The number of aryl methyl sites for hydroxylation is 4. The van der Waals surface area contributed by atoms with Crippen LogP contribution in [0.25, 0.3) is 0 Å². The minimum Gasteiger partial charge on any atom is -0.322 e. The van der Waals surface area contributed by atoms with E-state index in [0.717, 1.165) is 11.1 Å². The highest BCUT2D eigenvalue weighted by molar-refractivity contribution is 7.93. The van der Waals surface area contributed by atoms with E-state index in [0.29, 0.717) is 28.3 Å². The minimum absolute atomic E-state index is 0.0258. The van der Waals surface area contributed by atoms with Gasteiger partial charge in [-0.15, -0.1) is 0 Å². The molecule has 0 spiro atoms. The average molecular weight is 580 g/mol. The largest absolute Gasteiger partial charge is 0.322 e. The molecule has 40 heavy (non-hydrogen) atoms. The predicted molar refractivity (Wildman–Crippen MR) is 155 cm³/mol. The van der Waals surface area contributed by atoms with Gasteiger partial charge in [0.15, 0.2) is 0 Å². The number of rotatable bonds is 8. The van der Waals surface area contributed by atoms with E-state index in [-0.39, 0.29) is 21.3 Å². The number of amides is 1. The second-order valence-electron chi connectivity index (χ2n) is 9.39. The highest BCUT2D eigenvalue weighted by atomic mass is 32.2. The molecular weight excluding hydrogens is 550 g/mol. The van der Waals surface area contributed by atoms with Crippen LogP contribution >= 0.6 is 0 Å². The highest BCUT2D eigenvalue weighted by Gasteiger charge is 2.21. The second-order valence-corrected chi connectivity index (χ2v) is 12.7. The Morgan fingerprint density at radius 1 is 0.700 bits per heavy atom. The van der Waals surface area contributed by atoms with Crippen LogP contribution in [0.3, 0.4) is 0 Å². The van der Waals surface area contributed by atoms with Crippen molar-refractivity contribution in [2.45, 2.75) is 44.4 Å². The van der Waals surface area contributed by atoms with Crippen LogP contribution in [-0.2, 0) is 20.0 Å². The lowest BCUT2D eigenvalue weighted by Gasteiger charge is -2.14. The van der Waals surface area contributed by atoms with Gasteiger partial charge in [0, 0.05) is 22.6 Å². The summed E-state index contributed by atoms with van der Waals surface area (Å²) >= 11 is 0. The first-order chi connectivity index (χ1) is 18.7. The molecule has 3 N–H and O–H groups in total. The van der Waals surface area contributed by atoms with Crippen LogP contribution in [0.1, 0.15) is 38.4 Å². The van der Waals surface area contributed by atoms with Crippen LogP contribution < -0.4 is 14.8 Å². The number of hydrogen-bond donors (Lipinski definition) is 3. The number of hydrogen-bond acceptors (Lipinski definition) is 7. The maximum absolute atomic E-state index is 13.2. The zero-order valence-electron chi connectivity index (χ0n) is 22.6. The summed E-state index contributed by atoms with van der Waals surface area (Å²) in [5.41, 5.74) is 4.38. The molecule has 10 nitrogen and oxygen atoms in total. The van der Waals surface area contributed by atoms with Crippen molar-refractivity contribution in [1.29, 1.82) is 0 Å². The van der Waals surface area contributed by atoms with E-state index < -0.39 is 26.0 Å². The Balaban J connectivity index is 1.51. The molecule has 0 saturated heterocycles. The molecule has 1 aromatic heterocycles. The van der Waals surface area contributed by atoms with Crippen molar-refractivity contribution in [3.8, 4) is 0 Å². The molecule has 0 aliphatic carbocycles. The van der Waals surface area contributed by atoms with Gasteiger partial charge in [0.1, 0.15) is 0 Å². The molecule has 3 aromatic carbocycles. The Hall–Kier alpha value is -4.29. The van der Waals surface area contributed by atoms with Crippen molar-refractivity contribution >= 4 is 43.3 Å². The standard InChI is InChI=1S/C28H29N5O5S2/c1-17-7-6-8-25(21(17)5)32-40(37,38)26-16-22(10-9-18(26)2)27(34)31-23-11-13-24(14-12-23)39(35,36)33-28-29-19(3)15-20(4)30-28/h6-16,32H,1-5H3,(H,31,34)(H,29,30,33). The van der Waals surface area contributed by atoms with Crippen molar-refractivity contribution in [2.75, 3.05) is 14.8 Å². The number of sulfonamides is 2. The summed E-state index contributed by atoms with van der Waals surface area (Å²) in [5.74, 6) is -0.590. The average Bonchev–Trinajstić information content (AvgIpc) is 2.86. The van der Waals surface area contributed by atoms with Gasteiger partial charge in [0.25, 0.3) is 26.0 Å². The zero-order valence-corrected chi connectivity index (χ0v) is 24.2. The summed E-state index contributed by atoms with van der Waals surface area (Å²) < 4.78 is 56.9. The Morgan fingerprint density at radius 2 is 1.35 bits per heavy atom. The predicted octanol–water partition coefficient (Wildman–Crippen LogP) is 4.87. The smallest absolute Gasteiger partial charge is 0.264 e. The lowest BCUT2D eigenvalue weighted by Crippen LogP contribution is -2.18. The van der Waals surface area contributed by atoms with Gasteiger partial charge in [0.05, 0.1) is 15.5 Å². The molecule has 0 aliphatic heterocycles. The SMILES string of the molecule is Cc1cc(C)nc(NS(=O)(=O)c2ccc(NC(=O)c3ccc(C)c(S(=O)(=O)Nc4cccc(C)c4C)c3)cc2)n1. The number of anilines is 3. The monoisotopic (exact) mass is 579 g/mol. The number of benzene rings is 3. The van der Waals surface area contributed by atoms with Gasteiger partial charge in [-0.3, -0.25) is 9.52 Å². The minimum atomic E-state index is -3.98. The van der Waals surface area contributed by atoms with E-state index in [1.165, 1.54) is 36.4 Å². The van der Waals surface area contributed by atoms with Crippen molar-refractivity contribution in [3.05, 3.63) is 100 Å². The molecule has 0 radical (unpaired) electrons. The summed E-state index contributed by atoms with van der Waals surface area (Å²) in [6.07, 6.45) is 0. The second kappa shape index (κ2) is 11.1. The maximum Gasteiger partial charge on any atom is 0.264 e. The number of nitrogens with one attached hydrogen (secondary N) is 3. The zero-order chi connectivity index (χ0) is 29.2.